The highest BCUT2D eigenvalue weighted by atomic mass is 35.5. The smallest absolute Gasteiger partial charge is 0.269 e. The van der Waals surface area contributed by atoms with Gasteiger partial charge in [-0.2, -0.15) is 0 Å². The fourth-order valence-electron chi connectivity index (χ4n) is 1.74. The summed E-state index contributed by atoms with van der Waals surface area (Å²) >= 11 is 11.8. The minimum atomic E-state index is -2.70. The predicted octanol–water partition coefficient (Wildman–Crippen LogP) is 4.61. The minimum absolute atomic E-state index is 0.147. The van der Waals surface area contributed by atoms with E-state index in [1.807, 2.05) is 19.6 Å². The number of carbonyl (C=O) groups is 1. The van der Waals surface area contributed by atoms with Crippen LogP contribution in [0.1, 0.15) is 12.5 Å². The van der Waals surface area contributed by atoms with Crippen LogP contribution >= 0.6 is 23.2 Å². The quantitative estimate of drug-likeness (QED) is 0.445. The predicted molar refractivity (Wildman–Crippen MR) is 98.4 cm³/mol. The minimum Gasteiger partial charge on any atom is -0.403 e. The molecule has 0 bridgehead atoms. The highest BCUT2D eigenvalue weighted by molar-refractivity contribution is 6.69. The van der Waals surface area contributed by atoms with Crippen LogP contribution in [0.5, 0.6) is 0 Å². The van der Waals surface area contributed by atoms with Crippen LogP contribution in [-0.2, 0) is 14.8 Å². The first-order chi connectivity index (χ1) is 10.7. The maximum Gasteiger partial charge on any atom is 0.269 e. The lowest BCUT2D eigenvalue weighted by molar-refractivity contribution is -0.115. The van der Waals surface area contributed by atoms with Gasteiger partial charge in [0.25, 0.3) is 6.43 Å². The molecule has 24 heavy (non-hydrogen) atoms. The Morgan fingerprint density at radius 3 is 1.88 bits per heavy atom. The van der Waals surface area contributed by atoms with Crippen molar-refractivity contribution >= 4 is 43.6 Å². The Bertz CT molecular complexity index is 546. The number of hydrogen-bond donors (Lipinski definition) is 1. The third-order valence-electron chi connectivity index (χ3n) is 2.80. The van der Waals surface area contributed by atoms with E-state index >= 15 is 0 Å². The van der Waals surface area contributed by atoms with Gasteiger partial charge in [-0.05, 0) is 44.3 Å². The topological polar surface area (TPSA) is 55.6 Å². The monoisotopic (exact) mass is 400 g/mol. The highest BCUT2D eigenvalue weighted by Crippen LogP contribution is 2.39. The van der Waals surface area contributed by atoms with E-state index in [-0.39, 0.29) is 21.3 Å². The molecule has 1 atom stereocenters. The van der Waals surface area contributed by atoms with Crippen LogP contribution in [-0.4, -0.2) is 40.1 Å². The maximum absolute atomic E-state index is 13.4. The Kier molecular flexibility index (Phi) is 8.65. The molecule has 0 spiro atoms. The summed E-state index contributed by atoms with van der Waals surface area (Å²) in [5.74, 6) is 0. The molecule has 0 heterocycles. The van der Waals surface area contributed by atoms with Crippen molar-refractivity contribution in [2.24, 2.45) is 0 Å². The number of benzene rings is 1. The van der Waals surface area contributed by atoms with Gasteiger partial charge >= 0.3 is 0 Å². The van der Waals surface area contributed by atoms with Crippen molar-refractivity contribution in [1.29, 1.82) is 0 Å². The molecule has 1 aromatic carbocycles. The Balaban J connectivity index is 0.000000922. The first-order valence-corrected chi connectivity index (χ1v) is 11.3. The zero-order valence-electron chi connectivity index (χ0n) is 14.7. The standard InChI is InChI=1S/C12H17Cl2F2NOSi.C3H7NO/c1-12(11(15)16,18-19(2,3)4)7-5-8(13)10(17)9(14)6-7;1-4(2)3-5/h5-6,11H,17H2,1-4H3;3H,1-2H3. The molecule has 1 aromatic rings. The average Bonchev–Trinajstić information content (AvgIpc) is 2.42. The average molecular weight is 401 g/mol. The van der Waals surface area contributed by atoms with Crippen LogP contribution in [0.3, 0.4) is 0 Å². The zero-order valence-corrected chi connectivity index (χ0v) is 17.2. The summed E-state index contributed by atoms with van der Waals surface area (Å²) in [6.07, 6.45) is -1.95. The normalized spacial score (nSPS) is 13.8. The van der Waals surface area contributed by atoms with E-state index in [1.54, 1.807) is 14.1 Å². The van der Waals surface area contributed by atoms with E-state index in [4.69, 9.17) is 33.4 Å². The Labute approximate surface area is 153 Å². The highest BCUT2D eigenvalue weighted by Gasteiger charge is 2.42. The number of carbonyl (C=O) groups excluding carboxylic acids is 1. The molecular formula is C15H24Cl2F2N2O2Si. The van der Waals surface area contributed by atoms with Gasteiger partial charge in [-0.25, -0.2) is 8.78 Å². The van der Waals surface area contributed by atoms with Gasteiger partial charge in [0.05, 0.1) is 15.7 Å². The van der Waals surface area contributed by atoms with Crippen LogP contribution in [0.2, 0.25) is 29.7 Å². The molecule has 0 aliphatic rings. The van der Waals surface area contributed by atoms with E-state index in [9.17, 15) is 13.6 Å². The molecular weight excluding hydrogens is 377 g/mol. The van der Waals surface area contributed by atoms with Gasteiger partial charge < -0.3 is 15.1 Å². The van der Waals surface area contributed by atoms with Crippen molar-refractivity contribution in [2.75, 3.05) is 19.8 Å². The number of anilines is 1. The van der Waals surface area contributed by atoms with Crippen LogP contribution < -0.4 is 5.73 Å². The van der Waals surface area contributed by atoms with E-state index in [1.165, 1.54) is 24.0 Å². The lowest BCUT2D eigenvalue weighted by Crippen LogP contribution is -2.43. The largest absolute Gasteiger partial charge is 0.403 e. The summed E-state index contributed by atoms with van der Waals surface area (Å²) in [5, 5.41) is 0.294. The van der Waals surface area contributed by atoms with Gasteiger partial charge in [-0.1, -0.05) is 23.2 Å². The van der Waals surface area contributed by atoms with Gasteiger partial charge in [-0.3, -0.25) is 4.79 Å². The fraction of sp³-hybridized carbons (Fsp3) is 0.533. The van der Waals surface area contributed by atoms with E-state index < -0.39 is 20.3 Å². The Morgan fingerprint density at radius 2 is 1.62 bits per heavy atom. The molecule has 1 rings (SSSR count). The van der Waals surface area contributed by atoms with Crippen LogP contribution in [0.15, 0.2) is 12.1 Å². The summed E-state index contributed by atoms with van der Waals surface area (Å²) in [5.41, 5.74) is 4.28. The van der Waals surface area contributed by atoms with E-state index in [0.29, 0.717) is 0 Å². The number of hydrogen-bond acceptors (Lipinski definition) is 3. The van der Waals surface area contributed by atoms with Gasteiger partial charge in [0.15, 0.2) is 8.32 Å². The Morgan fingerprint density at radius 1 is 1.25 bits per heavy atom. The Hall–Kier alpha value is -0.893. The lowest BCUT2D eigenvalue weighted by atomic mass is 9.96. The van der Waals surface area contributed by atoms with Gasteiger partial charge in [-0.15, -0.1) is 0 Å². The summed E-state index contributed by atoms with van der Waals surface area (Å²) in [6, 6.07) is 2.77. The third-order valence-corrected chi connectivity index (χ3v) is 4.46. The molecule has 0 aliphatic heterocycles. The maximum atomic E-state index is 13.4. The van der Waals surface area contributed by atoms with Crippen molar-refractivity contribution in [3.8, 4) is 0 Å². The van der Waals surface area contributed by atoms with E-state index in [0.717, 1.165) is 6.41 Å². The molecule has 138 valence electrons. The first kappa shape index (κ1) is 23.1. The molecule has 9 heteroatoms. The van der Waals surface area contributed by atoms with Gasteiger partial charge in [0, 0.05) is 14.1 Å². The fourth-order valence-corrected chi connectivity index (χ4v) is 3.70. The van der Waals surface area contributed by atoms with E-state index in [2.05, 4.69) is 0 Å². The molecule has 0 radical (unpaired) electrons. The van der Waals surface area contributed by atoms with Crippen LogP contribution in [0.4, 0.5) is 14.5 Å². The molecule has 0 fully saturated rings. The number of amides is 1. The SMILES string of the molecule is CC(O[Si](C)(C)C)(c1cc(Cl)c(N)c(Cl)c1)C(F)F.CN(C)C=O. The van der Waals surface area contributed by atoms with Crippen LogP contribution in [0, 0.1) is 0 Å². The number of halogens is 4. The van der Waals surface area contributed by atoms with Crippen molar-refractivity contribution in [2.45, 2.75) is 38.6 Å². The van der Waals surface area contributed by atoms with Crippen molar-refractivity contribution in [3.63, 3.8) is 0 Å². The number of alkyl halides is 2. The first-order valence-electron chi connectivity index (χ1n) is 7.09. The molecule has 0 saturated heterocycles. The van der Waals surface area contributed by atoms with Gasteiger partial charge in [0.1, 0.15) is 5.60 Å². The second-order valence-electron chi connectivity index (χ2n) is 6.54. The second-order valence-corrected chi connectivity index (χ2v) is 11.8. The molecule has 2 N–H and O–H groups in total. The van der Waals surface area contributed by atoms with Crippen molar-refractivity contribution < 1.29 is 18.0 Å². The number of rotatable bonds is 5. The molecule has 1 unspecified atom stereocenters. The summed E-state index contributed by atoms with van der Waals surface area (Å²) in [6.45, 7) is 6.87. The number of nitrogens with two attached hydrogens (primary N) is 1. The van der Waals surface area contributed by atoms with Crippen molar-refractivity contribution in [3.05, 3.63) is 27.7 Å². The number of nitrogen functional groups attached to an aromatic ring is 1. The summed E-state index contributed by atoms with van der Waals surface area (Å²) < 4.78 is 32.5. The van der Waals surface area contributed by atoms with Crippen molar-refractivity contribution in [1.82, 2.24) is 4.90 Å². The molecule has 1 amide bonds. The van der Waals surface area contributed by atoms with Crippen LogP contribution in [0.25, 0.3) is 0 Å². The third kappa shape index (κ3) is 6.92. The molecule has 0 aliphatic carbocycles. The number of nitrogens with zero attached hydrogens (tertiary/aromatic N) is 1. The second kappa shape index (κ2) is 8.99. The van der Waals surface area contributed by atoms with Gasteiger partial charge in [0.2, 0.25) is 6.41 Å². The summed E-state index contributed by atoms with van der Waals surface area (Å²) in [4.78, 5) is 10.9. The molecule has 0 saturated carbocycles. The summed E-state index contributed by atoms with van der Waals surface area (Å²) in [7, 11) is 1.19. The zero-order chi connectivity index (χ0) is 19.3. The molecule has 4 nitrogen and oxygen atoms in total. The molecule has 0 aromatic heterocycles. The lowest BCUT2D eigenvalue weighted by Gasteiger charge is -2.36.